The van der Waals surface area contributed by atoms with Gasteiger partial charge < -0.3 is 14.4 Å². The first-order chi connectivity index (χ1) is 18.2. The lowest BCUT2D eigenvalue weighted by molar-refractivity contribution is -0.211. The van der Waals surface area contributed by atoms with E-state index in [0.717, 1.165) is 0 Å². The Hall–Kier alpha value is -2.70. The third-order valence-electron chi connectivity index (χ3n) is 7.21. The van der Waals surface area contributed by atoms with E-state index in [4.69, 9.17) is 9.47 Å². The van der Waals surface area contributed by atoms with Crippen LogP contribution in [0, 0.1) is 11.7 Å². The Kier molecular flexibility index (Phi) is 8.58. The highest BCUT2D eigenvalue weighted by Crippen LogP contribution is 2.41. The zero-order valence-electron chi connectivity index (χ0n) is 21.4. The maximum atomic E-state index is 13.7. The van der Waals surface area contributed by atoms with Crippen molar-refractivity contribution in [2.45, 2.75) is 44.0 Å². The number of nitrogens with zero attached hydrogens (tertiary/aromatic N) is 2. The van der Waals surface area contributed by atoms with Gasteiger partial charge in [-0.15, -0.1) is 0 Å². The highest BCUT2D eigenvalue weighted by atomic mass is 19.4. The van der Waals surface area contributed by atoms with Crippen molar-refractivity contribution >= 4 is 5.91 Å². The summed E-state index contributed by atoms with van der Waals surface area (Å²) in [5.74, 6) is -1.29. The van der Waals surface area contributed by atoms with Crippen molar-refractivity contribution in [1.82, 2.24) is 9.80 Å². The van der Waals surface area contributed by atoms with Crippen LogP contribution >= 0.6 is 0 Å². The second-order valence-corrected chi connectivity index (χ2v) is 10.1. The number of alkyl halides is 6. The Morgan fingerprint density at radius 3 is 2.18 bits per heavy atom. The Labute approximate surface area is 221 Å². The lowest BCUT2D eigenvalue weighted by Crippen LogP contribution is -2.52. The number of carbonyl (C=O) groups is 1. The molecule has 2 aliphatic rings. The van der Waals surface area contributed by atoms with Gasteiger partial charge in [0.1, 0.15) is 5.82 Å². The fraction of sp³-hybridized carbons (Fsp3) is 0.519. The molecule has 0 N–H and O–H groups in total. The molecule has 5 nitrogen and oxygen atoms in total. The number of rotatable bonds is 6. The molecule has 0 aromatic heterocycles. The van der Waals surface area contributed by atoms with Gasteiger partial charge in [0, 0.05) is 25.6 Å². The fourth-order valence-electron chi connectivity index (χ4n) is 5.08. The smallest absolute Gasteiger partial charge is 0.352 e. The van der Waals surface area contributed by atoms with E-state index in [1.165, 1.54) is 19.1 Å². The Bertz CT molecular complexity index is 1120. The molecule has 0 spiro atoms. The van der Waals surface area contributed by atoms with Gasteiger partial charge in [-0.1, -0.05) is 12.1 Å². The van der Waals surface area contributed by atoms with Gasteiger partial charge in [-0.3, -0.25) is 9.69 Å². The minimum Gasteiger partial charge on any atom is -0.352 e. The predicted octanol–water partition coefficient (Wildman–Crippen LogP) is 5.86. The monoisotopic (exact) mass is 562 g/mol. The van der Waals surface area contributed by atoms with E-state index >= 15 is 0 Å². The highest BCUT2D eigenvalue weighted by Gasteiger charge is 2.41. The van der Waals surface area contributed by atoms with Gasteiger partial charge in [0.05, 0.1) is 30.4 Å². The van der Waals surface area contributed by atoms with E-state index in [0.29, 0.717) is 43.8 Å². The molecule has 0 bridgehead atoms. The van der Waals surface area contributed by atoms with Crippen LogP contribution in [0.4, 0.5) is 30.7 Å². The van der Waals surface area contributed by atoms with E-state index in [9.17, 15) is 35.5 Å². The average Bonchev–Trinajstić information content (AvgIpc) is 2.85. The van der Waals surface area contributed by atoms with Crippen LogP contribution in [0.2, 0.25) is 0 Å². The highest BCUT2D eigenvalue weighted by molar-refractivity contribution is 5.79. The molecule has 2 heterocycles. The largest absolute Gasteiger partial charge is 0.416 e. The average molecular weight is 563 g/mol. The first kappa shape index (κ1) is 29.3. The molecule has 2 saturated heterocycles. The molecule has 0 radical (unpaired) electrons. The summed E-state index contributed by atoms with van der Waals surface area (Å²) in [5, 5.41) is 0. The summed E-state index contributed by atoms with van der Waals surface area (Å²) in [6, 6.07) is 6.93. The molecule has 2 aromatic rings. The third kappa shape index (κ3) is 7.09. The molecular weight excluding hydrogens is 533 g/mol. The summed E-state index contributed by atoms with van der Waals surface area (Å²) >= 11 is 0. The van der Waals surface area contributed by atoms with E-state index in [2.05, 4.69) is 0 Å². The van der Waals surface area contributed by atoms with Crippen LogP contribution < -0.4 is 0 Å². The molecule has 2 aromatic carbocycles. The normalized spacial score (nSPS) is 24.2. The first-order valence-electron chi connectivity index (χ1n) is 12.5. The van der Waals surface area contributed by atoms with Crippen molar-refractivity contribution in [2.24, 2.45) is 5.92 Å². The van der Waals surface area contributed by atoms with Crippen LogP contribution in [0.15, 0.2) is 42.5 Å². The summed E-state index contributed by atoms with van der Waals surface area (Å²) in [5.41, 5.74) is -2.56. The topological polar surface area (TPSA) is 42.0 Å². The van der Waals surface area contributed by atoms with Gasteiger partial charge in [-0.05, 0) is 67.8 Å². The lowest BCUT2D eigenvalue weighted by Gasteiger charge is -2.42. The molecule has 0 saturated carbocycles. The SMILES string of the molecule is CC(OC1OCCC(CN2CCN(C)CC2=O)C1c1ccc(F)cc1)c1cc(C(F)(F)F)cc(C(F)(F)F)c1. The van der Waals surface area contributed by atoms with Gasteiger partial charge in [0.2, 0.25) is 5.91 Å². The van der Waals surface area contributed by atoms with Crippen LogP contribution in [-0.2, 0) is 26.6 Å². The van der Waals surface area contributed by atoms with E-state index in [1.807, 2.05) is 11.9 Å². The number of piperazine rings is 1. The van der Waals surface area contributed by atoms with Crippen molar-refractivity contribution < 1.29 is 45.0 Å². The second kappa shape index (κ2) is 11.4. The summed E-state index contributed by atoms with van der Waals surface area (Å²) in [6.45, 7) is 3.37. The number of amides is 1. The van der Waals surface area contributed by atoms with E-state index in [-0.39, 0.29) is 36.6 Å². The van der Waals surface area contributed by atoms with Crippen LogP contribution in [0.1, 0.15) is 47.6 Å². The quantitative estimate of drug-likeness (QED) is 0.414. The zero-order valence-corrected chi connectivity index (χ0v) is 21.4. The molecule has 214 valence electrons. The van der Waals surface area contributed by atoms with Crippen molar-refractivity contribution in [1.29, 1.82) is 0 Å². The number of ether oxygens (including phenoxy) is 2. The van der Waals surface area contributed by atoms with Gasteiger partial charge >= 0.3 is 12.4 Å². The van der Waals surface area contributed by atoms with Crippen molar-refractivity contribution in [2.75, 3.05) is 39.8 Å². The third-order valence-corrected chi connectivity index (χ3v) is 7.21. The van der Waals surface area contributed by atoms with Crippen molar-refractivity contribution in [3.63, 3.8) is 0 Å². The molecule has 12 heteroatoms. The molecule has 2 aliphatic heterocycles. The van der Waals surface area contributed by atoms with E-state index in [1.54, 1.807) is 17.0 Å². The first-order valence-corrected chi connectivity index (χ1v) is 12.5. The number of likely N-dealkylation sites (N-methyl/N-ethyl adjacent to an activating group) is 1. The summed E-state index contributed by atoms with van der Waals surface area (Å²) in [4.78, 5) is 16.3. The number of hydrogen-bond donors (Lipinski definition) is 0. The summed E-state index contributed by atoms with van der Waals surface area (Å²) < 4.78 is 106. The Morgan fingerprint density at radius 2 is 1.62 bits per heavy atom. The standard InChI is InChI=1S/C27H29F7N2O3/c1-16(19-11-20(26(29,30)31)13-21(12-19)27(32,33)34)39-25-24(17-3-5-22(28)6-4-17)18(7-10-38-25)14-36-9-8-35(2)15-23(36)37/h3-6,11-13,16,18,24-25H,7-10,14-15H2,1-2H3. The van der Waals surface area contributed by atoms with Crippen LogP contribution in [-0.4, -0.2) is 61.8 Å². The zero-order chi connectivity index (χ0) is 28.5. The van der Waals surface area contributed by atoms with Crippen molar-refractivity contribution in [3.8, 4) is 0 Å². The molecular formula is C27H29F7N2O3. The summed E-state index contributed by atoms with van der Waals surface area (Å²) in [7, 11) is 1.84. The number of carbonyl (C=O) groups excluding carboxylic acids is 1. The minimum absolute atomic E-state index is 0.0532. The van der Waals surface area contributed by atoms with E-state index < -0.39 is 47.6 Å². The van der Waals surface area contributed by atoms with Gasteiger partial charge in [-0.2, -0.15) is 26.3 Å². The predicted molar refractivity (Wildman–Crippen MR) is 127 cm³/mol. The van der Waals surface area contributed by atoms with Crippen LogP contribution in [0.25, 0.3) is 0 Å². The number of hydrogen-bond acceptors (Lipinski definition) is 4. The fourth-order valence-corrected chi connectivity index (χ4v) is 5.08. The summed E-state index contributed by atoms with van der Waals surface area (Å²) in [6.07, 6.45) is -11.7. The second-order valence-electron chi connectivity index (χ2n) is 10.1. The number of benzene rings is 2. The Morgan fingerprint density at radius 1 is 1.00 bits per heavy atom. The maximum absolute atomic E-state index is 13.7. The van der Waals surface area contributed by atoms with Gasteiger partial charge in [0.25, 0.3) is 0 Å². The molecule has 1 amide bonds. The molecule has 4 rings (SSSR count). The molecule has 4 atom stereocenters. The van der Waals surface area contributed by atoms with Crippen LogP contribution in [0.5, 0.6) is 0 Å². The molecule has 0 aliphatic carbocycles. The minimum atomic E-state index is -4.99. The van der Waals surface area contributed by atoms with Crippen LogP contribution in [0.3, 0.4) is 0 Å². The van der Waals surface area contributed by atoms with Gasteiger partial charge in [0.15, 0.2) is 6.29 Å². The molecule has 39 heavy (non-hydrogen) atoms. The number of halogens is 7. The maximum Gasteiger partial charge on any atom is 0.416 e. The van der Waals surface area contributed by atoms with Gasteiger partial charge in [-0.25, -0.2) is 4.39 Å². The Balaban J connectivity index is 1.63. The molecule has 4 unspecified atom stereocenters. The van der Waals surface area contributed by atoms with Crippen molar-refractivity contribution in [3.05, 3.63) is 70.5 Å². The lowest BCUT2D eigenvalue weighted by atomic mass is 9.81. The molecule has 2 fully saturated rings.